The molecule has 1 heterocycles. The van der Waals surface area contributed by atoms with Crippen molar-refractivity contribution < 1.29 is 14.7 Å². The number of aliphatic hydroxyl groups is 1. The number of amides is 2. The summed E-state index contributed by atoms with van der Waals surface area (Å²) in [5.74, 6) is -0.862. The number of anilines is 1. The van der Waals surface area contributed by atoms with E-state index in [2.05, 4.69) is 5.32 Å². The lowest BCUT2D eigenvalue weighted by atomic mass is 9.92. The normalized spacial score (nSPS) is 17.1. The van der Waals surface area contributed by atoms with E-state index in [9.17, 15) is 14.7 Å². The maximum Gasteiger partial charge on any atom is 0.313 e. The van der Waals surface area contributed by atoms with E-state index in [1.807, 2.05) is 31.2 Å². The molecule has 120 valence electrons. The minimum Gasteiger partial charge on any atom is -0.393 e. The molecule has 1 aliphatic rings. The van der Waals surface area contributed by atoms with E-state index in [1.54, 1.807) is 11.8 Å². The number of carbonyl (C=O) groups excluding carboxylic acids is 2. The third kappa shape index (κ3) is 3.85. The smallest absolute Gasteiger partial charge is 0.313 e. The molecule has 2 N–H and O–H groups in total. The van der Waals surface area contributed by atoms with Crippen LogP contribution in [0.3, 0.4) is 0 Å². The zero-order valence-corrected chi connectivity index (χ0v) is 13.2. The number of aliphatic hydroxyl groups excluding tert-OH is 1. The Morgan fingerprint density at radius 1 is 1.32 bits per heavy atom. The van der Waals surface area contributed by atoms with E-state index in [1.165, 1.54) is 0 Å². The summed E-state index contributed by atoms with van der Waals surface area (Å²) in [4.78, 5) is 25.9. The van der Waals surface area contributed by atoms with Gasteiger partial charge in [0.05, 0.1) is 6.10 Å². The Hall–Kier alpha value is -1.88. The van der Waals surface area contributed by atoms with Crippen LogP contribution in [-0.4, -0.2) is 41.0 Å². The number of para-hydroxylation sites is 1. The van der Waals surface area contributed by atoms with Crippen molar-refractivity contribution in [3.05, 3.63) is 29.8 Å². The van der Waals surface area contributed by atoms with E-state index >= 15 is 0 Å². The summed E-state index contributed by atoms with van der Waals surface area (Å²) in [6.45, 7) is 4.83. The monoisotopic (exact) mass is 304 g/mol. The lowest BCUT2D eigenvalue weighted by Crippen LogP contribution is -2.45. The van der Waals surface area contributed by atoms with Gasteiger partial charge in [0.25, 0.3) is 0 Å². The second-order valence-electron chi connectivity index (χ2n) is 5.84. The average Bonchev–Trinajstić information content (AvgIpc) is 2.54. The molecule has 0 aliphatic carbocycles. The molecule has 1 saturated heterocycles. The van der Waals surface area contributed by atoms with Gasteiger partial charge in [0.1, 0.15) is 0 Å². The molecule has 1 aromatic rings. The summed E-state index contributed by atoms with van der Waals surface area (Å²) in [7, 11) is 0. The molecule has 0 spiro atoms. The SMILES string of the molecule is CCc1ccccc1NC(=O)C(=O)N1CCC(C(C)O)CC1. The fourth-order valence-electron chi connectivity index (χ4n) is 2.85. The van der Waals surface area contributed by atoms with Gasteiger partial charge in [-0.05, 0) is 43.7 Å². The highest BCUT2D eigenvalue weighted by atomic mass is 16.3. The number of aryl methyl sites for hydroxylation is 1. The summed E-state index contributed by atoms with van der Waals surface area (Å²) >= 11 is 0. The highest BCUT2D eigenvalue weighted by molar-refractivity contribution is 6.39. The number of carbonyl (C=O) groups is 2. The third-order valence-electron chi connectivity index (χ3n) is 4.35. The van der Waals surface area contributed by atoms with Gasteiger partial charge in [0.15, 0.2) is 0 Å². The molecule has 22 heavy (non-hydrogen) atoms. The second kappa shape index (κ2) is 7.40. The molecule has 5 nitrogen and oxygen atoms in total. The van der Waals surface area contributed by atoms with Crippen LogP contribution in [-0.2, 0) is 16.0 Å². The number of rotatable bonds is 3. The second-order valence-corrected chi connectivity index (χ2v) is 5.84. The van der Waals surface area contributed by atoms with Crippen LogP contribution in [0, 0.1) is 5.92 Å². The minimum atomic E-state index is -0.587. The van der Waals surface area contributed by atoms with Crippen molar-refractivity contribution in [2.75, 3.05) is 18.4 Å². The Balaban J connectivity index is 1.94. The first-order valence-electron chi connectivity index (χ1n) is 7.89. The van der Waals surface area contributed by atoms with Crippen molar-refractivity contribution >= 4 is 17.5 Å². The van der Waals surface area contributed by atoms with E-state index < -0.39 is 11.8 Å². The highest BCUT2D eigenvalue weighted by Gasteiger charge is 2.28. The zero-order valence-electron chi connectivity index (χ0n) is 13.2. The molecule has 1 aromatic carbocycles. The summed E-state index contributed by atoms with van der Waals surface area (Å²) in [6, 6.07) is 7.50. The van der Waals surface area contributed by atoms with Crippen molar-refractivity contribution in [3.8, 4) is 0 Å². The lowest BCUT2D eigenvalue weighted by molar-refractivity contribution is -0.144. The van der Waals surface area contributed by atoms with E-state index in [0.29, 0.717) is 18.8 Å². The van der Waals surface area contributed by atoms with Gasteiger partial charge in [-0.25, -0.2) is 0 Å². The molecular weight excluding hydrogens is 280 g/mol. The molecule has 0 saturated carbocycles. The number of benzene rings is 1. The summed E-state index contributed by atoms with van der Waals surface area (Å²) in [5.41, 5.74) is 1.71. The van der Waals surface area contributed by atoms with Gasteiger partial charge in [-0.15, -0.1) is 0 Å². The molecule has 5 heteroatoms. The molecule has 0 radical (unpaired) electrons. The Morgan fingerprint density at radius 2 is 1.95 bits per heavy atom. The number of piperidine rings is 1. The van der Waals surface area contributed by atoms with Crippen LogP contribution in [0.4, 0.5) is 5.69 Å². The Bertz CT molecular complexity index is 534. The maximum absolute atomic E-state index is 12.2. The molecule has 2 rings (SSSR count). The number of likely N-dealkylation sites (tertiary alicyclic amines) is 1. The molecular formula is C17H24N2O3. The van der Waals surface area contributed by atoms with Crippen LogP contribution in [0.2, 0.25) is 0 Å². The quantitative estimate of drug-likeness (QED) is 0.837. The molecule has 1 atom stereocenters. The first-order chi connectivity index (χ1) is 10.5. The summed E-state index contributed by atoms with van der Waals surface area (Å²) in [5, 5.41) is 12.3. The third-order valence-corrected chi connectivity index (χ3v) is 4.35. The van der Waals surface area contributed by atoms with Crippen molar-refractivity contribution in [3.63, 3.8) is 0 Å². The largest absolute Gasteiger partial charge is 0.393 e. The Labute approximate surface area is 131 Å². The van der Waals surface area contributed by atoms with Crippen LogP contribution in [0.1, 0.15) is 32.3 Å². The topological polar surface area (TPSA) is 69.6 Å². The molecule has 1 unspecified atom stereocenters. The fraction of sp³-hybridized carbons (Fsp3) is 0.529. The van der Waals surface area contributed by atoms with Gasteiger partial charge < -0.3 is 15.3 Å². The summed E-state index contributed by atoms with van der Waals surface area (Å²) < 4.78 is 0. The van der Waals surface area contributed by atoms with E-state index in [4.69, 9.17) is 0 Å². The molecule has 0 aromatic heterocycles. The van der Waals surface area contributed by atoms with Crippen molar-refractivity contribution in [1.29, 1.82) is 0 Å². The van der Waals surface area contributed by atoms with Gasteiger partial charge in [-0.3, -0.25) is 9.59 Å². The predicted octanol–water partition coefficient (Wildman–Crippen LogP) is 1.81. The first-order valence-corrected chi connectivity index (χ1v) is 7.89. The number of hydrogen-bond donors (Lipinski definition) is 2. The van der Waals surface area contributed by atoms with Gasteiger partial charge in [0.2, 0.25) is 0 Å². The van der Waals surface area contributed by atoms with Gasteiger partial charge in [-0.1, -0.05) is 25.1 Å². The lowest BCUT2D eigenvalue weighted by Gasteiger charge is -2.32. The van der Waals surface area contributed by atoms with Crippen molar-refractivity contribution in [2.24, 2.45) is 5.92 Å². The maximum atomic E-state index is 12.2. The number of nitrogens with zero attached hydrogens (tertiary/aromatic N) is 1. The fourth-order valence-corrected chi connectivity index (χ4v) is 2.85. The van der Waals surface area contributed by atoms with Crippen molar-refractivity contribution in [1.82, 2.24) is 4.90 Å². The summed E-state index contributed by atoms with van der Waals surface area (Å²) in [6.07, 6.45) is 1.91. The molecule has 2 amide bonds. The number of hydrogen-bond acceptors (Lipinski definition) is 3. The molecule has 1 aliphatic heterocycles. The van der Waals surface area contributed by atoms with Gasteiger partial charge in [-0.2, -0.15) is 0 Å². The van der Waals surface area contributed by atoms with Crippen LogP contribution in [0.25, 0.3) is 0 Å². The Morgan fingerprint density at radius 3 is 2.55 bits per heavy atom. The van der Waals surface area contributed by atoms with Gasteiger partial charge in [0, 0.05) is 18.8 Å². The Kier molecular flexibility index (Phi) is 5.55. The van der Waals surface area contributed by atoms with Crippen LogP contribution >= 0.6 is 0 Å². The van der Waals surface area contributed by atoms with E-state index in [-0.39, 0.29) is 12.0 Å². The van der Waals surface area contributed by atoms with E-state index in [0.717, 1.165) is 24.8 Å². The number of nitrogens with one attached hydrogen (secondary N) is 1. The predicted molar refractivity (Wildman–Crippen MR) is 85.4 cm³/mol. The van der Waals surface area contributed by atoms with Gasteiger partial charge >= 0.3 is 11.8 Å². The first kappa shape index (κ1) is 16.5. The van der Waals surface area contributed by atoms with Crippen LogP contribution in [0.15, 0.2) is 24.3 Å². The van der Waals surface area contributed by atoms with Crippen molar-refractivity contribution in [2.45, 2.75) is 39.2 Å². The average molecular weight is 304 g/mol. The zero-order chi connectivity index (χ0) is 16.1. The molecule has 0 bridgehead atoms. The standard InChI is InChI=1S/C17H24N2O3/c1-3-13-6-4-5-7-15(13)18-16(21)17(22)19-10-8-14(9-11-19)12(2)20/h4-7,12,14,20H,3,8-11H2,1-2H3,(H,18,21). The minimum absolute atomic E-state index is 0.216. The van der Waals surface area contributed by atoms with Crippen LogP contribution in [0.5, 0.6) is 0 Å². The highest BCUT2D eigenvalue weighted by Crippen LogP contribution is 2.21. The molecule has 1 fully saturated rings. The van der Waals surface area contributed by atoms with Crippen LogP contribution < -0.4 is 5.32 Å².